The molecule has 0 bridgehead atoms. The van der Waals surface area contributed by atoms with E-state index >= 15 is 0 Å². The van der Waals surface area contributed by atoms with Crippen LogP contribution in [0.5, 0.6) is 0 Å². The van der Waals surface area contributed by atoms with E-state index in [4.69, 9.17) is 4.74 Å². The number of nitrogens with one attached hydrogen (secondary N) is 1. The molecular weight excluding hydrogens is 228 g/mol. The molecule has 4 nitrogen and oxygen atoms in total. The van der Waals surface area contributed by atoms with Crippen LogP contribution in [0.4, 0.5) is 4.79 Å². The molecule has 1 aliphatic rings. The predicted octanol–water partition coefficient (Wildman–Crippen LogP) is 2.63. The molecule has 1 amide bonds. The summed E-state index contributed by atoms with van der Waals surface area (Å²) >= 11 is 0. The monoisotopic (exact) mass is 256 g/mol. The number of nitrogens with zero attached hydrogens (tertiary/aromatic N) is 1. The Bertz CT molecular complexity index is 265. The zero-order valence-electron chi connectivity index (χ0n) is 12.5. The van der Waals surface area contributed by atoms with Crippen LogP contribution in [0.1, 0.15) is 47.5 Å². The smallest absolute Gasteiger partial charge is 0.407 e. The molecule has 1 aliphatic heterocycles. The van der Waals surface area contributed by atoms with E-state index in [1.54, 1.807) is 0 Å². The lowest BCUT2D eigenvalue weighted by molar-refractivity contribution is 0.0502. The number of rotatable bonds is 4. The molecule has 0 aromatic rings. The molecule has 0 radical (unpaired) electrons. The molecule has 1 heterocycles. The molecule has 18 heavy (non-hydrogen) atoms. The summed E-state index contributed by atoms with van der Waals surface area (Å²) < 4.78 is 5.26. The molecule has 1 rings (SSSR count). The van der Waals surface area contributed by atoms with Crippen molar-refractivity contribution in [3.8, 4) is 0 Å². The van der Waals surface area contributed by atoms with E-state index in [1.165, 1.54) is 12.8 Å². The summed E-state index contributed by atoms with van der Waals surface area (Å²) in [6.45, 7) is 13.0. The summed E-state index contributed by atoms with van der Waals surface area (Å²) in [5.41, 5.74) is -0.426. The van der Waals surface area contributed by atoms with Gasteiger partial charge >= 0.3 is 6.09 Å². The maximum atomic E-state index is 11.6. The lowest BCUT2D eigenvalue weighted by atomic mass is 10.0. The molecule has 0 aromatic carbocycles. The van der Waals surface area contributed by atoms with E-state index in [9.17, 15) is 4.79 Å². The highest BCUT2D eigenvalue weighted by atomic mass is 16.6. The highest BCUT2D eigenvalue weighted by Gasteiger charge is 2.25. The van der Waals surface area contributed by atoms with Gasteiger partial charge in [0.1, 0.15) is 5.60 Å². The zero-order chi connectivity index (χ0) is 13.8. The van der Waals surface area contributed by atoms with Crippen molar-refractivity contribution in [2.24, 2.45) is 5.92 Å². The van der Waals surface area contributed by atoms with E-state index in [1.807, 2.05) is 20.8 Å². The number of alkyl carbamates (subject to hydrolysis) is 1. The Morgan fingerprint density at radius 3 is 2.28 bits per heavy atom. The SMILES string of the molecule is CC(C)C(CNC(=O)OC(C)(C)C)N1CCCC1. The highest BCUT2D eigenvalue weighted by molar-refractivity contribution is 5.67. The minimum absolute atomic E-state index is 0.313. The van der Waals surface area contributed by atoms with E-state index in [-0.39, 0.29) is 6.09 Å². The Morgan fingerprint density at radius 1 is 1.28 bits per heavy atom. The van der Waals surface area contributed by atoms with Crippen molar-refractivity contribution in [1.29, 1.82) is 0 Å². The normalized spacial score (nSPS) is 19.0. The molecule has 4 heteroatoms. The molecule has 1 saturated heterocycles. The van der Waals surface area contributed by atoms with Crippen LogP contribution < -0.4 is 5.32 Å². The summed E-state index contributed by atoms with van der Waals surface area (Å²) in [5, 5.41) is 2.89. The molecule has 1 unspecified atom stereocenters. The molecular formula is C14H28N2O2. The van der Waals surface area contributed by atoms with Gasteiger partial charge in [0.05, 0.1) is 0 Å². The van der Waals surface area contributed by atoms with Crippen molar-refractivity contribution >= 4 is 6.09 Å². The van der Waals surface area contributed by atoms with Gasteiger partial charge in [-0.05, 0) is 52.6 Å². The Morgan fingerprint density at radius 2 is 1.83 bits per heavy atom. The van der Waals surface area contributed by atoms with Crippen molar-refractivity contribution in [1.82, 2.24) is 10.2 Å². The van der Waals surface area contributed by atoms with Gasteiger partial charge in [0.2, 0.25) is 0 Å². The molecule has 1 atom stereocenters. The fourth-order valence-electron chi connectivity index (χ4n) is 2.36. The second-order valence-corrected chi connectivity index (χ2v) is 6.44. The minimum Gasteiger partial charge on any atom is -0.444 e. The van der Waals surface area contributed by atoms with Crippen LogP contribution in [0.25, 0.3) is 0 Å². The van der Waals surface area contributed by atoms with Gasteiger partial charge in [0, 0.05) is 12.6 Å². The first-order valence-corrected chi connectivity index (χ1v) is 7.00. The fourth-order valence-corrected chi connectivity index (χ4v) is 2.36. The lowest BCUT2D eigenvalue weighted by Crippen LogP contribution is -2.46. The Labute approximate surface area is 111 Å². The number of carbonyl (C=O) groups is 1. The maximum Gasteiger partial charge on any atom is 0.407 e. The van der Waals surface area contributed by atoms with Gasteiger partial charge < -0.3 is 10.1 Å². The van der Waals surface area contributed by atoms with Crippen molar-refractivity contribution in [3.05, 3.63) is 0 Å². The van der Waals surface area contributed by atoms with Crippen molar-refractivity contribution in [2.45, 2.75) is 59.1 Å². The van der Waals surface area contributed by atoms with E-state index < -0.39 is 5.60 Å². The van der Waals surface area contributed by atoms with E-state index in [2.05, 4.69) is 24.1 Å². The van der Waals surface area contributed by atoms with Gasteiger partial charge in [0.25, 0.3) is 0 Å². The van der Waals surface area contributed by atoms with Gasteiger partial charge in [-0.2, -0.15) is 0 Å². The number of amides is 1. The van der Waals surface area contributed by atoms with Crippen molar-refractivity contribution in [3.63, 3.8) is 0 Å². The van der Waals surface area contributed by atoms with Gasteiger partial charge in [-0.3, -0.25) is 4.90 Å². The van der Waals surface area contributed by atoms with Crippen molar-refractivity contribution < 1.29 is 9.53 Å². The second-order valence-electron chi connectivity index (χ2n) is 6.44. The average molecular weight is 256 g/mol. The molecule has 0 spiro atoms. The number of likely N-dealkylation sites (tertiary alicyclic amines) is 1. The summed E-state index contributed by atoms with van der Waals surface area (Å²) in [5.74, 6) is 0.540. The van der Waals surface area contributed by atoms with Crippen LogP contribution in [0.3, 0.4) is 0 Å². The largest absolute Gasteiger partial charge is 0.444 e. The predicted molar refractivity (Wildman–Crippen MR) is 73.7 cm³/mol. The summed E-state index contributed by atoms with van der Waals surface area (Å²) in [6.07, 6.45) is 2.23. The summed E-state index contributed by atoms with van der Waals surface area (Å²) in [6, 6.07) is 0.417. The second kappa shape index (κ2) is 6.41. The lowest BCUT2D eigenvalue weighted by Gasteiger charge is -2.31. The third-order valence-corrected chi connectivity index (χ3v) is 3.23. The molecule has 0 aliphatic carbocycles. The Balaban J connectivity index is 2.40. The first-order chi connectivity index (χ1) is 8.29. The first-order valence-electron chi connectivity index (χ1n) is 7.00. The van der Waals surface area contributed by atoms with Gasteiger partial charge in [-0.25, -0.2) is 4.79 Å². The van der Waals surface area contributed by atoms with Gasteiger partial charge in [-0.15, -0.1) is 0 Å². The molecule has 106 valence electrons. The molecule has 1 N–H and O–H groups in total. The van der Waals surface area contributed by atoms with Gasteiger partial charge in [0.15, 0.2) is 0 Å². The van der Waals surface area contributed by atoms with Crippen LogP contribution >= 0.6 is 0 Å². The van der Waals surface area contributed by atoms with Crippen molar-refractivity contribution in [2.75, 3.05) is 19.6 Å². The number of hydrogen-bond acceptors (Lipinski definition) is 3. The molecule has 0 saturated carbocycles. The topological polar surface area (TPSA) is 41.6 Å². The zero-order valence-corrected chi connectivity index (χ0v) is 12.5. The van der Waals surface area contributed by atoms with Crippen LogP contribution in [-0.4, -0.2) is 42.3 Å². The molecule has 1 fully saturated rings. The third-order valence-electron chi connectivity index (χ3n) is 3.23. The van der Waals surface area contributed by atoms with Crippen LogP contribution in [0.15, 0.2) is 0 Å². The Hall–Kier alpha value is -0.770. The number of ether oxygens (including phenoxy) is 1. The van der Waals surface area contributed by atoms with E-state index in [0.717, 1.165) is 13.1 Å². The standard InChI is InChI=1S/C14H28N2O2/c1-11(2)12(16-8-6-7-9-16)10-15-13(17)18-14(3,4)5/h11-12H,6-10H2,1-5H3,(H,15,17). The fraction of sp³-hybridized carbons (Fsp3) is 0.929. The summed E-state index contributed by atoms with van der Waals surface area (Å²) in [7, 11) is 0. The Kier molecular flexibility index (Phi) is 5.45. The number of hydrogen-bond donors (Lipinski definition) is 1. The van der Waals surface area contributed by atoms with Crippen LogP contribution in [0.2, 0.25) is 0 Å². The average Bonchev–Trinajstić information content (AvgIpc) is 2.67. The third kappa shape index (κ3) is 5.25. The number of carbonyl (C=O) groups excluding carboxylic acids is 1. The maximum absolute atomic E-state index is 11.6. The van der Waals surface area contributed by atoms with Gasteiger partial charge in [-0.1, -0.05) is 13.8 Å². The van der Waals surface area contributed by atoms with Crippen LogP contribution in [-0.2, 0) is 4.74 Å². The van der Waals surface area contributed by atoms with Crippen LogP contribution in [0, 0.1) is 5.92 Å². The molecule has 0 aromatic heterocycles. The quantitative estimate of drug-likeness (QED) is 0.840. The first kappa shape index (κ1) is 15.3. The van der Waals surface area contributed by atoms with E-state index in [0.29, 0.717) is 18.5 Å². The summed E-state index contributed by atoms with van der Waals surface area (Å²) in [4.78, 5) is 14.1. The highest BCUT2D eigenvalue weighted by Crippen LogP contribution is 2.17. The minimum atomic E-state index is -0.426.